The van der Waals surface area contributed by atoms with Crippen LogP contribution in [0.2, 0.25) is 5.02 Å². The Morgan fingerprint density at radius 2 is 1.94 bits per heavy atom. The van der Waals surface area contributed by atoms with Crippen LogP contribution in [0.1, 0.15) is 45.1 Å². The summed E-state index contributed by atoms with van der Waals surface area (Å²) in [6.45, 7) is 0.782. The normalized spacial score (nSPS) is 16.2. The first-order valence-corrected chi connectivity index (χ1v) is 11.1. The summed E-state index contributed by atoms with van der Waals surface area (Å²) in [4.78, 5) is 11.1. The van der Waals surface area contributed by atoms with Gasteiger partial charge in [0.25, 0.3) is 0 Å². The number of aryl methyl sites for hydroxylation is 1. The van der Waals surface area contributed by atoms with Gasteiger partial charge >= 0.3 is 5.97 Å². The summed E-state index contributed by atoms with van der Waals surface area (Å²) in [5.74, 6) is -0.177. The largest absolute Gasteiger partial charge is 0.489 e. The molecule has 0 unspecified atom stereocenters. The van der Waals surface area contributed by atoms with E-state index in [0.717, 1.165) is 36.1 Å². The van der Waals surface area contributed by atoms with Crippen molar-refractivity contribution < 1.29 is 19.7 Å². The van der Waals surface area contributed by atoms with E-state index in [4.69, 9.17) is 21.4 Å². The van der Waals surface area contributed by atoms with Crippen molar-refractivity contribution in [3.8, 4) is 5.75 Å². The number of fused-ring (bicyclic) bond motifs is 1. The van der Waals surface area contributed by atoms with Crippen LogP contribution in [0.5, 0.6) is 5.75 Å². The summed E-state index contributed by atoms with van der Waals surface area (Å²) in [5.41, 5.74) is 4.44. The van der Waals surface area contributed by atoms with Gasteiger partial charge in [-0.2, -0.15) is 0 Å². The maximum atomic E-state index is 11.1. The Labute approximate surface area is 192 Å². The second-order valence-electron chi connectivity index (χ2n) is 8.14. The van der Waals surface area contributed by atoms with Gasteiger partial charge in [-0.25, -0.2) is 4.79 Å². The minimum absolute atomic E-state index is 0.255. The molecule has 0 saturated heterocycles. The van der Waals surface area contributed by atoms with Crippen LogP contribution in [-0.4, -0.2) is 28.8 Å². The van der Waals surface area contributed by atoms with Crippen molar-refractivity contribution in [3.63, 3.8) is 0 Å². The monoisotopic (exact) mass is 451 g/mol. The van der Waals surface area contributed by atoms with Crippen molar-refractivity contribution in [1.29, 1.82) is 0 Å². The Hall–Kier alpha value is -2.86. The summed E-state index contributed by atoms with van der Waals surface area (Å²) < 4.78 is 5.93. The minimum atomic E-state index is -0.945. The first-order valence-electron chi connectivity index (χ1n) is 10.7. The van der Waals surface area contributed by atoms with Gasteiger partial charge in [0.1, 0.15) is 12.4 Å². The molecule has 2 atom stereocenters. The van der Waals surface area contributed by atoms with Crippen molar-refractivity contribution in [2.24, 2.45) is 0 Å². The number of carbonyl (C=O) groups is 1. The van der Waals surface area contributed by atoms with Gasteiger partial charge in [-0.15, -0.1) is 0 Å². The predicted molar refractivity (Wildman–Crippen MR) is 124 cm³/mol. The number of halogens is 1. The second-order valence-corrected chi connectivity index (χ2v) is 8.58. The third kappa shape index (κ3) is 5.68. The van der Waals surface area contributed by atoms with Crippen molar-refractivity contribution in [3.05, 3.63) is 99.6 Å². The van der Waals surface area contributed by atoms with E-state index in [0.29, 0.717) is 18.2 Å². The average Bonchev–Trinajstić information content (AvgIpc) is 2.81. The van der Waals surface area contributed by atoms with E-state index in [1.165, 1.54) is 11.1 Å². The molecule has 0 aliphatic heterocycles. The highest BCUT2D eigenvalue weighted by atomic mass is 35.5. The molecule has 0 radical (unpaired) electrons. The Morgan fingerprint density at radius 3 is 2.75 bits per heavy atom. The number of ether oxygens (including phenoxy) is 1. The summed E-state index contributed by atoms with van der Waals surface area (Å²) in [6, 6.07) is 20.5. The molecule has 0 spiro atoms. The number of carboxylic acid groups (broad SMARTS) is 1. The number of aromatic carboxylic acids is 1. The number of hydrogen-bond acceptors (Lipinski definition) is 4. The van der Waals surface area contributed by atoms with Gasteiger partial charge in [0.2, 0.25) is 0 Å². The van der Waals surface area contributed by atoms with Gasteiger partial charge in [0, 0.05) is 17.6 Å². The molecule has 6 heteroatoms. The SMILES string of the molecule is O=C(O)c1cccc(COc2ccc3c(c2)C[C@@H](NC[C@H](O)c2cccc(Cl)c2)CC3)c1. The summed E-state index contributed by atoms with van der Waals surface area (Å²) in [6.07, 6.45) is 2.24. The van der Waals surface area contributed by atoms with Crippen LogP contribution in [0.25, 0.3) is 0 Å². The van der Waals surface area contributed by atoms with Crippen LogP contribution >= 0.6 is 11.6 Å². The molecule has 1 aliphatic rings. The zero-order chi connectivity index (χ0) is 22.5. The standard InChI is InChI=1S/C26H26ClNO4/c27-22-6-2-4-19(12-22)25(29)15-28-23-9-7-18-8-10-24(14-21(18)13-23)32-16-17-3-1-5-20(11-17)26(30)31/h1-6,8,10-12,14,23,25,28-29H,7,9,13,15-16H2,(H,30,31)/t23-,25-/m0/s1. The summed E-state index contributed by atoms with van der Waals surface area (Å²) in [5, 5.41) is 23.7. The van der Waals surface area contributed by atoms with Crippen LogP contribution in [-0.2, 0) is 19.4 Å². The third-order valence-electron chi connectivity index (χ3n) is 5.82. The van der Waals surface area contributed by atoms with E-state index in [1.807, 2.05) is 24.3 Å². The molecule has 32 heavy (non-hydrogen) atoms. The van der Waals surface area contributed by atoms with Crippen molar-refractivity contribution in [1.82, 2.24) is 5.32 Å². The van der Waals surface area contributed by atoms with Gasteiger partial charge in [0.05, 0.1) is 11.7 Å². The Balaban J connectivity index is 1.34. The Bertz CT molecular complexity index is 1100. The fourth-order valence-electron chi connectivity index (χ4n) is 4.07. The maximum absolute atomic E-state index is 11.1. The van der Waals surface area contributed by atoms with Crippen LogP contribution < -0.4 is 10.1 Å². The van der Waals surface area contributed by atoms with Gasteiger partial charge in [0.15, 0.2) is 0 Å². The van der Waals surface area contributed by atoms with Gasteiger partial charge < -0.3 is 20.3 Å². The number of nitrogens with one attached hydrogen (secondary N) is 1. The molecule has 0 fully saturated rings. The van der Waals surface area contributed by atoms with Gasteiger partial charge in [-0.3, -0.25) is 0 Å². The smallest absolute Gasteiger partial charge is 0.335 e. The molecule has 0 saturated carbocycles. The number of aliphatic hydroxyl groups excluding tert-OH is 1. The first kappa shape index (κ1) is 22.3. The molecular weight excluding hydrogens is 426 g/mol. The van der Waals surface area contributed by atoms with Crippen LogP contribution in [0.15, 0.2) is 66.7 Å². The molecule has 0 bridgehead atoms. The van der Waals surface area contributed by atoms with Crippen molar-refractivity contribution in [2.45, 2.75) is 38.0 Å². The quantitative estimate of drug-likeness (QED) is 0.458. The van der Waals surface area contributed by atoms with E-state index in [-0.39, 0.29) is 11.6 Å². The lowest BCUT2D eigenvalue weighted by Gasteiger charge is -2.27. The molecule has 0 aromatic heterocycles. The maximum Gasteiger partial charge on any atom is 0.335 e. The Kier molecular flexibility index (Phi) is 7.10. The molecule has 1 aliphatic carbocycles. The average molecular weight is 452 g/mol. The highest BCUT2D eigenvalue weighted by Gasteiger charge is 2.20. The fourth-order valence-corrected chi connectivity index (χ4v) is 4.27. The highest BCUT2D eigenvalue weighted by Crippen LogP contribution is 2.27. The number of rotatable bonds is 8. The fraction of sp³-hybridized carbons (Fsp3) is 0.269. The van der Waals surface area contributed by atoms with E-state index < -0.39 is 12.1 Å². The number of aliphatic hydroxyl groups is 1. The van der Waals surface area contributed by atoms with Crippen molar-refractivity contribution >= 4 is 17.6 Å². The minimum Gasteiger partial charge on any atom is -0.489 e. The number of benzene rings is 3. The molecule has 0 amide bonds. The summed E-state index contributed by atoms with van der Waals surface area (Å²) >= 11 is 6.03. The van der Waals surface area contributed by atoms with Crippen LogP contribution in [0.4, 0.5) is 0 Å². The molecule has 4 rings (SSSR count). The van der Waals surface area contributed by atoms with Gasteiger partial charge in [-0.05, 0) is 77.9 Å². The molecule has 5 nitrogen and oxygen atoms in total. The lowest BCUT2D eigenvalue weighted by atomic mass is 9.88. The molecule has 166 valence electrons. The zero-order valence-corrected chi connectivity index (χ0v) is 18.4. The molecule has 3 aromatic carbocycles. The third-order valence-corrected chi connectivity index (χ3v) is 6.05. The lowest BCUT2D eigenvalue weighted by Crippen LogP contribution is -2.37. The Morgan fingerprint density at radius 1 is 1.09 bits per heavy atom. The highest BCUT2D eigenvalue weighted by molar-refractivity contribution is 6.30. The van der Waals surface area contributed by atoms with E-state index in [1.54, 1.807) is 30.3 Å². The lowest BCUT2D eigenvalue weighted by molar-refractivity contribution is 0.0696. The van der Waals surface area contributed by atoms with Crippen LogP contribution in [0.3, 0.4) is 0 Å². The number of hydrogen-bond donors (Lipinski definition) is 3. The van der Waals surface area contributed by atoms with Gasteiger partial charge in [-0.1, -0.05) is 41.9 Å². The van der Waals surface area contributed by atoms with E-state index >= 15 is 0 Å². The number of carboxylic acids is 1. The second kappa shape index (κ2) is 10.2. The summed E-state index contributed by atoms with van der Waals surface area (Å²) in [7, 11) is 0. The molecule has 3 N–H and O–H groups in total. The van der Waals surface area contributed by atoms with Crippen LogP contribution in [0, 0.1) is 0 Å². The first-order chi connectivity index (χ1) is 15.5. The van der Waals surface area contributed by atoms with E-state index in [2.05, 4.69) is 17.4 Å². The molecule has 0 heterocycles. The molecule has 3 aromatic rings. The zero-order valence-electron chi connectivity index (χ0n) is 17.6. The predicted octanol–water partition coefficient (Wildman–Crippen LogP) is 4.80. The topological polar surface area (TPSA) is 78.8 Å². The van der Waals surface area contributed by atoms with Crippen molar-refractivity contribution in [2.75, 3.05) is 6.54 Å². The van der Waals surface area contributed by atoms with E-state index in [9.17, 15) is 9.90 Å². The molecular formula is C26H26ClNO4.